The Kier molecular flexibility index (Phi) is 5.34. The van der Waals surface area contributed by atoms with Crippen molar-refractivity contribution in [3.05, 3.63) is 23.3 Å². The fraction of sp³-hybridized carbons (Fsp3) is 0.538. The number of aliphatic hydroxyl groups excluding tert-OH is 1. The van der Waals surface area contributed by atoms with Crippen LogP contribution < -0.4 is 9.46 Å². The van der Waals surface area contributed by atoms with Gasteiger partial charge in [0.05, 0.1) is 18.6 Å². The van der Waals surface area contributed by atoms with Gasteiger partial charge in [0.2, 0.25) is 10.0 Å². The lowest BCUT2D eigenvalue weighted by Gasteiger charge is -2.17. The third-order valence-electron chi connectivity index (χ3n) is 3.02. The summed E-state index contributed by atoms with van der Waals surface area (Å²) in [5, 5.41) is 9.10. The van der Waals surface area contributed by atoms with Gasteiger partial charge in [0.25, 0.3) is 0 Å². The average Bonchev–Trinajstić information content (AvgIpc) is 2.37. The number of hydrogen-bond acceptors (Lipinski definition) is 4. The van der Waals surface area contributed by atoms with Crippen molar-refractivity contribution in [2.75, 3.05) is 13.7 Å². The minimum atomic E-state index is -3.63. The van der Waals surface area contributed by atoms with Crippen LogP contribution in [0.1, 0.15) is 24.5 Å². The second-order valence-electron chi connectivity index (χ2n) is 4.50. The fourth-order valence-corrected chi connectivity index (χ4v) is 3.43. The molecule has 0 aliphatic heterocycles. The van der Waals surface area contributed by atoms with Gasteiger partial charge in [-0.05, 0) is 43.5 Å². The van der Waals surface area contributed by atoms with E-state index in [0.29, 0.717) is 17.7 Å². The number of nitrogens with one attached hydrogen (secondary N) is 1. The number of sulfonamides is 1. The highest BCUT2D eigenvalue weighted by molar-refractivity contribution is 7.89. The van der Waals surface area contributed by atoms with E-state index in [1.54, 1.807) is 33.1 Å². The highest BCUT2D eigenvalue weighted by Gasteiger charge is 2.21. The van der Waals surface area contributed by atoms with Crippen LogP contribution in [0.3, 0.4) is 0 Å². The summed E-state index contributed by atoms with van der Waals surface area (Å²) in [5.41, 5.74) is 1.37. The average molecular weight is 287 g/mol. The Labute approximate surface area is 114 Å². The SMILES string of the molecule is CC[C@@H](CO)NS(=O)(=O)c1cc(C)c(OC)cc1C. The molecule has 0 spiro atoms. The summed E-state index contributed by atoms with van der Waals surface area (Å²) in [6.45, 7) is 5.11. The molecule has 0 unspecified atom stereocenters. The molecule has 1 rings (SSSR count). The molecule has 108 valence electrons. The van der Waals surface area contributed by atoms with Gasteiger partial charge in [0.1, 0.15) is 5.75 Å². The molecule has 1 atom stereocenters. The molecule has 0 bridgehead atoms. The maximum absolute atomic E-state index is 12.3. The Morgan fingerprint density at radius 2 is 1.95 bits per heavy atom. The molecule has 6 heteroatoms. The molecule has 1 aromatic carbocycles. The van der Waals surface area contributed by atoms with Crippen LogP contribution in [-0.4, -0.2) is 33.3 Å². The van der Waals surface area contributed by atoms with Crippen molar-refractivity contribution in [1.29, 1.82) is 0 Å². The van der Waals surface area contributed by atoms with Gasteiger partial charge in [-0.25, -0.2) is 13.1 Å². The van der Waals surface area contributed by atoms with Crippen molar-refractivity contribution in [2.45, 2.75) is 38.1 Å². The summed E-state index contributed by atoms with van der Waals surface area (Å²) in [4.78, 5) is 0.220. The van der Waals surface area contributed by atoms with Crippen LogP contribution in [-0.2, 0) is 10.0 Å². The first kappa shape index (κ1) is 15.9. The monoisotopic (exact) mass is 287 g/mol. The van der Waals surface area contributed by atoms with Gasteiger partial charge in [-0.15, -0.1) is 0 Å². The zero-order valence-corrected chi connectivity index (χ0v) is 12.5. The number of rotatable bonds is 6. The van der Waals surface area contributed by atoms with Crippen molar-refractivity contribution in [2.24, 2.45) is 0 Å². The third-order valence-corrected chi connectivity index (χ3v) is 4.68. The lowest BCUT2D eigenvalue weighted by molar-refractivity contribution is 0.254. The first-order valence-corrected chi connectivity index (χ1v) is 7.62. The molecule has 0 aromatic heterocycles. The van der Waals surface area contributed by atoms with Gasteiger partial charge in [-0.2, -0.15) is 0 Å². The lowest BCUT2D eigenvalue weighted by atomic mass is 10.1. The Bertz CT molecular complexity index is 536. The summed E-state index contributed by atoms with van der Waals surface area (Å²) in [6, 6.07) is 2.82. The van der Waals surface area contributed by atoms with E-state index in [0.717, 1.165) is 5.56 Å². The molecule has 0 radical (unpaired) electrons. The van der Waals surface area contributed by atoms with E-state index in [9.17, 15) is 8.42 Å². The highest BCUT2D eigenvalue weighted by atomic mass is 32.2. The Morgan fingerprint density at radius 1 is 1.32 bits per heavy atom. The molecule has 0 amide bonds. The molecule has 0 aliphatic carbocycles. The van der Waals surface area contributed by atoms with Gasteiger partial charge < -0.3 is 9.84 Å². The topological polar surface area (TPSA) is 75.6 Å². The minimum Gasteiger partial charge on any atom is -0.496 e. The van der Waals surface area contributed by atoms with E-state index < -0.39 is 16.1 Å². The van der Waals surface area contributed by atoms with Crippen molar-refractivity contribution in [3.63, 3.8) is 0 Å². The summed E-state index contributed by atoms with van der Waals surface area (Å²) >= 11 is 0. The summed E-state index contributed by atoms with van der Waals surface area (Å²) in [6.07, 6.45) is 0.532. The van der Waals surface area contributed by atoms with Crippen LogP contribution >= 0.6 is 0 Å². The van der Waals surface area contributed by atoms with Crippen molar-refractivity contribution >= 4 is 10.0 Å². The van der Waals surface area contributed by atoms with Gasteiger partial charge >= 0.3 is 0 Å². The van der Waals surface area contributed by atoms with Crippen LogP contribution in [0.15, 0.2) is 17.0 Å². The smallest absolute Gasteiger partial charge is 0.241 e. The molecule has 5 nitrogen and oxygen atoms in total. The lowest BCUT2D eigenvalue weighted by Crippen LogP contribution is -2.37. The first-order valence-electron chi connectivity index (χ1n) is 6.14. The van der Waals surface area contributed by atoms with Crippen LogP contribution in [0.4, 0.5) is 0 Å². The molecule has 0 aliphatic rings. The second-order valence-corrected chi connectivity index (χ2v) is 6.18. The number of aryl methyl sites for hydroxylation is 2. The summed E-state index contributed by atoms with van der Waals surface area (Å²) in [7, 11) is -2.08. The zero-order valence-electron chi connectivity index (χ0n) is 11.7. The predicted molar refractivity (Wildman–Crippen MR) is 74.0 cm³/mol. The molecular weight excluding hydrogens is 266 g/mol. The van der Waals surface area contributed by atoms with E-state index in [1.807, 2.05) is 6.92 Å². The maximum Gasteiger partial charge on any atom is 0.241 e. The molecule has 0 heterocycles. The largest absolute Gasteiger partial charge is 0.496 e. The third kappa shape index (κ3) is 3.68. The van der Waals surface area contributed by atoms with E-state index in [2.05, 4.69) is 4.72 Å². The standard InChI is InChI=1S/C13H21NO4S/c1-5-11(8-15)14-19(16,17)13-7-9(2)12(18-4)6-10(13)3/h6-7,11,14-15H,5,8H2,1-4H3/t11-/m0/s1. The molecule has 0 fully saturated rings. The molecule has 1 aromatic rings. The Hall–Kier alpha value is -1.11. The van der Waals surface area contributed by atoms with Gasteiger partial charge in [-0.1, -0.05) is 6.92 Å². The molecular formula is C13H21NO4S. The minimum absolute atomic E-state index is 0.218. The zero-order chi connectivity index (χ0) is 14.6. The Morgan fingerprint density at radius 3 is 2.42 bits per heavy atom. The van der Waals surface area contributed by atoms with Crippen LogP contribution in [0.25, 0.3) is 0 Å². The molecule has 2 N–H and O–H groups in total. The fourth-order valence-electron chi connectivity index (χ4n) is 1.81. The van der Waals surface area contributed by atoms with Crippen molar-refractivity contribution in [1.82, 2.24) is 4.72 Å². The van der Waals surface area contributed by atoms with E-state index in [-0.39, 0.29) is 11.5 Å². The highest BCUT2D eigenvalue weighted by Crippen LogP contribution is 2.25. The molecule has 19 heavy (non-hydrogen) atoms. The van der Waals surface area contributed by atoms with Crippen molar-refractivity contribution in [3.8, 4) is 5.75 Å². The normalized spacial score (nSPS) is 13.3. The van der Waals surface area contributed by atoms with Gasteiger partial charge in [0.15, 0.2) is 0 Å². The molecule has 0 saturated carbocycles. The Balaban J connectivity index is 3.18. The van der Waals surface area contributed by atoms with Gasteiger partial charge in [-0.3, -0.25) is 0 Å². The van der Waals surface area contributed by atoms with Crippen LogP contribution in [0.5, 0.6) is 5.75 Å². The van der Waals surface area contributed by atoms with E-state index in [1.165, 1.54) is 0 Å². The van der Waals surface area contributed by atoms with Crippen LogP contribution in [0, 0.1) is 13.8 Å². The summed E-state index contributed by atoms with van der Waals surface area (Å²) in [5.74, 6) is 0.658. The number of aliphatic hydroxyl groups is 1. The number of ether oxygens (including phenoxy) is 1. The number of hydrogen-bond donors (Lipinski definition) is 2. The first-order chi connectivity index (χ1) is 8.85. The number of methoxy groups -OCH3 is 1. The van der Waals surface area contributed by atoms with Crippen molar-refractivity contribution < 1.29 is 18.3 Å². The quantitative estimate of drug-likeness (QED) is 0.828. The predicted octanol–water partition coefficient (Wildman–Crippen LogP) is 1.36. The van der Waals surface area contributed by atoms with E-state index in [4.69, 9.17) is 9.84 Å². The second kappa shape index (κ2) is 6.36. The van der Waals surface area contributed by atoms with E-state index >= 15 is 0 Å². The van der Waals surface area contributed by atoms with Crippen LogP contribution in [0.2, 0.25) is 0 Å². The molecule has 0 saturated heterocycles. The number of benzene rings is 1. The van der Waals surface area contributed by atoms with Gasteiger partial charge in [0, 0.05) is 6.04 Å². The summed E-state index contributed by atoms with van der Waals surface area (Å²) < 4.78 is 32.2. The maximum atomic E-state index is 12.3.